The summed E-state index contributed by atoms with van der Waals surface area (Å²) in [5.41, 5.74) is 1.33. The van der Waals surface area contributed by atoms with E-state index in [2.05, 4.69) is 9.88 Å². The molecule has 3 rings (SSSR count). The SMILES string of the molecule is Cc1cccnc1C(=O)N(C)[C@@H]1CC[C@@H](N2CCOCC2)[C@@H]1O. The van der Waals surface area contributed by atoms with Crippen molar-refractivity contribution in [1.82, 2.24) is 14.8 Å². The standard InChI is InChI=1S/C17H25N3O3/c1-12-4-3-7-18-15(12)17(22)19(2)13-5-6-14(16(13)21)20-8-10-23-11-9-20/h3-4,7,13-14,16,21H,5-6,8-11H2,1-2H3/t13-,14-,16-/m1/s1. The zero-order chi connectivity index (χ0) is 16.4. The van der Waals surface area contributed by atoms with Gasteiger partial charge in [-0.3, -0.25) is 14.7 Å². The first kappa shape index (κ1) is 16.4. The van der Waals surface area contributed by atoms with Crippen LogP contribution in [0.15, 0.2) is 18.3 Å². The van der Waals surface area contributed by atoms with E-state index in [9.17, 15) is 9.90 Å². The molecular weight excluding hydrogens is 294 g/mol. The molecule has 1 aliphatic carbocycles. The second-order valence-corrected chi connectivity index (χ2v) is 6.44. The molecule has 0 unspecified atom stereocenters. The van der Waals surface area contributed by atoms with Crippen LogP contribution >= 0.6 is 0 Å². The van der Waals surface area contributed by atoms with Crippen molar-refractivity contribution >= 4 is 5.91 Å². The Labute approximate surface area is 137 Å². The number of aliphatic hydroxyl groups excluding tert-OH is 1. The molecule has 0 aromatic carbocycles. The lowest BCUT2D eigenvalue weighted by Gasteiger charge is -2.36. The van der Waals surface area contributed by atoms with Gasteiger partial charge < -0.3 is 14.7 Å². The zero-order valence-electron chi connectivity index (χ0n) is 13.8. The molecule has 1 aromatic heterocycles. The Hall–Kier alpha value is -1.50. The van der Waals surface area contributed by atoms with Gasteiger partial charge in [-0.25, -0.2) is 0 Å². The van der Waals surface area contributed by atoms with Crippen LogP contribution in [0.2, 0.25) is 0 Å². The van der Waals surface area contributed by atoms with E-state index in [0.29, 0.717) is 5.69 Å². The number of hydrogen-bond donors (Lipinski definition) is 1. The van der Waals surface area contributed by atoms with Crippen LogP contribution in [0.3, 0.4) is 0 Å². The zero-order valence-corrected chi connectivity index (χ0v) is 13.8. The number of hydrogen-bond acceptors (Lipinski definition) is 5. The fourth-order valence-corrected chi connectivity index (χ4v) is 3.70. The predicted molar refractivity (Wildman–Crippen MR) is 86.3 cm³/mol. The maximum absolute atomic E-state index is 12.7. The number of carbonyl (C=O) groups is 1. The number of aromatic nitrogens is 1. The van der Waals surface area contributed by atoms with E-state index in [1.807, 2.05) is 19.1 Å². The van der Waals surface area contributed by atoms with Crippen molar-refractivity contribution in [2.45, 2.75) is 38.0 Å². The number of ether oxygens (including phenoxy) is 1. The first-order valence-electron chi connectivity index (χ1n) is 8.28. The molecule has 0 spiro atoms. The fourth-order valence-electron chi connectivity index (χ4n) is 3.70. The van der Waals surface area contributed by atoms with E-state index in [0.717, 1.165) is 44.7 Å². The van der Waals surface area contributed by atoms with Gasteiger partial charge in [-0.15, -0.1) is 0 Å². The molecule has 2 fully saturated rings. The lowest BCUT2D eigenvalue weighted by atomic mass is 10.1. The van der Waals surface area contributed by atoms with E-state index < -0.39 is 6.10 Å². The van der Waals surface area contributed by atoms with Gasteiger partial charge in [0.05, 0.1) is 25.4 Å². The maximum atomic E-state index is 12.7. The molecule has 1 amide bonds. The van der Waals surface area contributed by atoms with E-state index >= 15 is 0 Å². The Bertz CT molecular complexity index is 560. The molecule has 0 radical (unpaired) electrons. The van der Waals surface area contributed by atoms with Crippen molar-refractivity contribution in [3.8, 4) is 0 Å². The van der Waals surface area contributed by atoms with Crippen LogP contribution in [0.4, 0.5) is 0 Å². The Morgan fingerprint density at radius 3 is 2.83 bits per heavy atom. The molecule has 1 N–H and O–H groups in total. The molecule has 6 heteroatoms. The Balaban J connectivity index is 1.69. The molecule has 1 saturated heterocycles. The highest BCUT2D eigenvalue weighted by Gasteiger charge is 2.42. The second-order valence-electron chi connectivity index (χ2n) is 6.44. The highest BCUT2D eigenvalue weighted by Crippen LogP contribution is 2.29. The molecule has 2 heterocycles. The lowest BCUT2D eigenvalue weighted by molar-refractivity contribution is -0.0232. The van der Waals surface area contributed by atoms with Gasteiger partial charge in [-0.05, 0) is 31.4 Å². The number of nitrogens with zero attached hydrogens (tertiary/aromatic N) is 3. The summed E-state index contributed by atoms with van der Waals surface area (Å²) in [6.45, 7) is 5.03. The number of carbonyl (C=O) groups excluding carboxylic acids is 1. The smallest absolute Gasteiger partial charge is 0.272 e. The van der Waals surface area contributed by atoms with Gasteiger partial charge in [0.25, 0.3) is 5.91 Å². The summed E-state index contributed by atoms with van der Waals surface area (Å²) < 4.78 is 5.38. The van der Waals surface area contributed by atoms with Gasteiger partial charge >= 0.3 is 0 Å². The van der Waals surface area contributed by atoms with Crippen LogP contribution < -0.4 is 0 Å². The van der Waals surface area contributed by atoms with Crippen molar-refractivity contribution < 1.29 is 14.6 Å². The topological polar surface area (TPSA) is 65.9 Å². The van der Waals surface area contributed by atoms with Crippen LogP contribution in [0.25, 0.3) is 0 Å². The van der Waals surface area contributed by atoms with Gasteiger partial charge in [0.2, 0.25) is 0 Å². The van der Waals surface area contributed by atoms with Gasteiger partial charge in [-0.1, -0.05) is 6.07 Å². The van der Waals surface area contributed by atoms with Gasteiger partial charge in [0, 0.05) is 32.4 Å². The van der Waals surface area contributed by atoms with Crippen molar-refractivity contribution in [2.75, 3.05) is 33.4 Å². The largest absolute Gasteiger partial charge is 0.389 e. The summed E-state index contributed by atoms with van der Waals surface area (Å²) in [5, 5.41) is 10.7. The maximum Gasteiger partial charge on any atom is 0.272 e. The van der Waals surface area contributed by atoms with Crippen molar-refractivity contribution in [1.29, 1.82) is 0 Å². The Morgan fingerprint density at radius 2 is 2.13 bits per heavy atom. The normalized spacial score (nSPS) is 28.7. The van der Waals surface area contributed by atoms with Crippen LogP contribution in [-0.4, -0.2) is 77.3 Å². The summed E-state index contributed by atoms with van der Waals surface area (Å²) in [4.78, 5) is 20.9. The number of morpholine rings is 1. The monoisotopic (exact) mass is 319 g/mol. The number of pyridine rings is 1. The lowest BCUT2D eigenvalue weighted by Crippen LogP contribution is -2.51. The minimum absolute atomic E-state index is 0.115. The van der Waals surface area contributed by atoms with Gasteiger partial charge in [0.1, 0.15) is 5.69 Å². The minimum atomic E-state index is -0.522. The highest BCUT2D eigenvalue weighted by atomic mass is 16.5. The molecular formula is C17H25N3O3. The summed E-state index contributed by atoms with van der Waals surface area (Å²) in [6.07, 6.45) is 2.84. The average molecular weight is 319 g/mol. The molecule has 1 aromatic rings. The molecule has 23 heavy (non-hydrogen) atoms. The molecule has 2 aliphatic rings. The third-order valence-electron chi connectivity index (χ3n) is 5.09. The summed E-state index contributed by atoms with van der Waals surface area (Å²) >= 11 is 0. The number of aryl methyl sites for hydroxylation is 1. The average Bonchev–Trinajstić information content (AvgIpc) is 2.96. The third-order valence-corrected chi connectivity index (χ3v) is 5.09. The second kappa shape index (κ2) is 6.95. The van der Waals surface area contributed by atoms with Crippen LogP contribution in [-0.2, 0) is 4.74 Å². The predicted octanol–water partition coefficient (Wildman–Crippen LogP) is 0.686. The summed E-state index contributed by atoms with van der Waals surface area (Å²) in [5.74, 6) is -0.116. The molecule has 1 aliphatic heterocycles. The van der Waals surface area contributed by atoms with Crippen molar-refractivity contribution in [3.63, 3.8) is 0 Å². The van der Waals surface area contributed by atoms with Crippen molar-refractivity contribution in [2.24, 2.45) is 0 Å². The number of likely N-dealkylation sites (N-methyl/N-ethyl adjacent to an activating group) is 1. The van der Waals surface area contributed by atoms with E-state index in [-0.39, 0.29) is 18.0 Å². The highest BCUT2D eigenvalue weighted by molar-refractivity contribution is 5.93. The van der Waals surface area contributed by atoms with Crippen LogP contribution in [0, 0.1) is 6.92 Å². The summed E-state index contributed by atoms with van der Waals surface area (Å²) in [6, 6.07) is 3.67. The molecule has 3 atom stereocenters. The molecule has 126 valence electrons. The fraction of sp³-hybridized carbons (Fsp3) is 0.647. The third kappa shape index (κ3) is 3.24. The molecule has 0 bridgehead atoms. The van der Waals surface area contributed by atoms with E-state index in [1.54, 1.807) is 18.1 Å². The number of rotatable bonds is 3. The van der Waals surface area contributed by atoms with Crippen LogP contribution in [0.1, 0.15) is 28.9 Å². The Morgan fingerprint density at radius 1 is 1.39 bits per heavy atom. The van der Waals surface area contributed by atoms with Crippen LogP contribution in [0.5, 0.6) is 0 Å². The first-order valence-corrected chi connectivity index (χ1v) is 8.28. The van der Waals surface area contributed by atoms with Gasteiger partial charge in [0.15, 0.2) is 0 Å². The minimum Gasteiger partial charge on any atom is -0.389 e. The Kier molecular flexibility index (Phi) is 4.94. The molecule has 6 nitrogen and oxygen atoms in total. The number of aliphatic hydroxyl groups is 1. The number of amides is 1. The van der Waals surface area contributed by atoms with E-state index in [1.165, 1.54) is 0 Å². The summed E-state index contributed by atoms with van der Waals surface area (Å²) in [7, 11) is 1.77. The van der Waals surface area contributed by atoms with E-state index in [4.69, 9.17) is 4.74 Å². The first-order chi connectivity index (χ1) is 11.1. The van der Waals surface area contributed by atoms with Crippen molar-refractivity contribution in [3.05, 3.63) is 29.6 Å². The quantitative estimate of drug-likeness (QED) is 0.888. The van der Waals surface area contributed by atoms with Gasteiger partial charge in [-0.2, -0.15) is 0 Å². The molecule has 1 saturated carbocycles.